The Balaban J connectivity index is 1.90. The van der Waals surface area contributed by atoms with Gasteiger partial charge in [0.05, 0.1) is 13.2 Å². The van der Waals surface area contributed by atoms with Crippen LogP contribution in [0, 0.1) is 5.82 Å². The highest BCUT2D eigenvalue weighted by molar-refractivity contribution is 9.10. The Morgan fingerprint density at radius 3 is 2.81 bits per heavy atom. The first-order valence-corrected chi connectivity index (χ1v) is 6.47. The molecule has 0 amide bonds. The molecule has 2 rings (SSSR count). The number of halogens is 2. The normalized spacial score (nSPS) is 10.6. The van der Waals surface area contributed by atoms with E-state index in [1.807, 2.05) is 17.5 Å². The Morgan fingerprint density at radius 2 is 2.12 bits per heavy atom. The molecule has 0 saturated carbocycles. The maximum atomic E-state index is 12.8. The van der Waals surface area contributed by atoms with Crippen LogP contribution in [0.25, 0.3) is 0 Å². The van der Waals surface area contributed by atoms with Crippen molar-refractivity contribution in [2.75, 3.05) is 0 Å². The smallest absolute Gasteiger partial charge is 0.124 e. The Kier molecular flexibility index (Phi) is 4.09. The SMILES string of the molecule is Fc1ccc(COCc2cccs2)c(Br)c1. The zero-order valence-electron chi connectivity index (χ0n) is 8.45. The maximum absolute atomic E-state index is 12.8. The summed E-state index contributed by atoms with van der Waals surface area (Å²) in [4.78, 5) is 1.19. The average Bonchev–Trinajstić information content (AvgIpc) is 2.74. The van der Waals surface area contributed by atoms with Crippen LogP contribution in [-0.4, -0.2) is 0 Å². The first-order valence-electron chi connectivity index (χ1n) is 4.80. The Morgan fingerprint density at radius 1 is 1.25 bits per heavy atom. The van der Waals surface area contributed by atoms with E-state index in [1.54, 1.807) is 17.4 Å². The highest BCUT2D eigenvalue weighted by Gasteiger charge is 2.02. The van der Waals surface area contributed by atoms with Crippen LogP contribution in [-0.2, 0) is 18.0 Å². The molecular weight excluding hydrogens is 291 g/mol. The second-order valence-electron chi connectivity index (χ2n) is 3.31. The molecule has 0 saturated heterocycles. The molecule has 1 nitrogen and oxygen atoms in total. The topological polar surface area (TPSA) is 9.23 Å². The first kappa shape index (κ1) is 11.8. The zero-order valence-corrected chi connectivity index (χ0v) is 10.9. The minimum absolute atomic E-state index is 0.242. The fraction of sp³-hybridized carbons (Fsp3) is 0.167. The lowest BCUT2D eigenvalue weighted by molar-refractivity contribution is 0.109. The molecule has 0 fully saturated rings. The monoisotopic (exact) mass is 300 g/mol. The van der Waals surface area contributed by atoms with Crippen LogP contribution in [0.2, 0.25) is 0 Å². The van der Waals surface area contributed by atoms with E-state index in [0.29, 0.717) is 13.2 Å². The van der Waals surface area contributed by atoms with Crippen LogP contribution in [0.5, 0.6) is 0 Å². The summed E-state index contributed by atoms with van der Waals surface area (Å²) in [6.45, 7) is 1.08. The number of ether oxygens (including phenoxy) is 1. The van der Waals surface area contributed by atoms with Crippen molar-refractivity contribution in [3.8, 4) is 0 Å². The summed E-state index contributed by atoms with van der Waals surface area (Å²) in [5.41, 5.74) is 0.956. The van der Waals surface area contributed by atoms with Gasteiger partial charge in [0.15, 0.2) is 0 Å². The highest BCUT2D eigenvalue weighted by Crippen LogP contribution is 2.19. The minimum atomic E-state index is -0.242. The molecule has 84 valence electrons. The predicted molar refractivity (Wildman–Crippen MR) is 66.9 cm³/mol. The molecule has 4 heteroatoms. The van der Waals surface area contributed by atoms with Gasteiger partial charge in [-0.1, -0.05) is 28.1 Å². The molecule has 1 aromatic carbocycles. The van der Waals surface area contributed by atoms with Gasteiger partial charge < -0.3 is 4.74 Å². The van der Waals surface area contributed by atoms with E-state index in [4.69, 9.17) is 4.74 Å². The fourth-order valence-corrected chi connectivity index (χ4v) is 2.40. The number of rotatable bonds is 4. The van der Waals surface area contributed by atoms with Crippen LogP contribution < -0.4 is 0 Å². The van der Waals surface area contributed by atoms with Crippen molar-refractivity contribution < 1.29 is 9.13 Å². The van der Waals surface area contributed by atoms with Gasteiger partial charge in [0.2, 0.25) is 0 Å². The van der Waals surface area contributed by atoms with Crippen molar-refractivity contribution in [1.29, 1.82) is 0 Å². The van der Waals surface area contributed by atoms with E-state index in [9.17, 15) is 4.39 Å². The third kappa shape index (κ3) is 3.14. The summed E-state index contributed by atoms with van der Waals surface area (Å²) in [6, 6.07) is 8.65. The summed E-state index contributed by atoms with van der Waals surface area (Å²) in [5.74, 6) is -0.242. The Labute approximate surface area is 106 Å². The molecule has 0 atom stereocenters. The maximum Gasteiger partial charge on any atom is 0.124 e. The van der Waals surface area contributed by atoms with Gasteiger partial charge in [0, 0.05) is 9.35 Å². The van der Waals surface area contributed by atoms with E-state index in [0.717, 1.165) is 10.0 Å². The molecule has 1 heterocycles. The van der Waals surface area contributed by atoms with Crippen molar-refractivity contribution in [3.05, 3.63) is 56.4 Å². The van der Waals surface area contributed by atoms with Gasteiger partial charge in [0.25, 0.3) is 0 Å². The van der Waals surface area contributed by atoms with Gasteiger partial charge in [-0.3, -0.25) is 0 Å². The van der Waals surface area contributed by atoms with Gasteiger partial charge in [-0.05, 0) is 29.1 Å². The lowest BCUT2D eigenvalue weighted by Gasteiger charge is -2.05. The molecular formula is C12H10BrFOS. The second-order valence-corrected chi connectivity index (χ2v) is 5.19. The van der Waals surface area contributed by atoms with Crippen molar-refractivity contribution in [3.63, 3.8) is 0 Å². The summed E-state index contributed by atoms with van der Waals surface area (Å²) >= 11 is 4.98. The molecule has 0 radical (unpaired) electrons. The molecule has 0 aliphatic carbocycles. The third-order valence-corrected chi connectivity index (χ3v) is 3.69. The number of hydrogen-bond acceptors (Lipinski definition) is 2. The third-order valence-electron chi connectivity index (χ3n) is 2.10. The zero-order chi connectivity index (χ0) is 11.4. The number of hydrogen-bond donors (Lipinski definition) is 0. The van der Waals surface area contributed by atoms with Crippen LogP contribution in [0.15, 0.2) is 40.2 Å². The largest absolute Gasteiger partial charge is 0.371 e. The summed E-state index contributed by atoms with van der Waals surface area (Å²) < 4.78 is 19.1. The molecule has 0 unspecified atom stereocenters. The van der Waals surface area contributed by atoms with Crippen LogP contribution >= 0.6 is 27.3 Å². The van der Waals surface area contributed by atoms with E-state index >= 15 is 0 Å². The molecule has 16 heavy (non-hydrogen) atoms. The van der Waals surface area contributed by atoms with Gasteiger partial charge in [-0.2, -0.15) is 0 Å². The van der Waals surface area contributed by atoms with Gasteiger partial charge in [0.1, 0.15) is 5.82 Å². The van der Waals surface area contributed by atoms with Crippen LogP contribution in [0.4, 0.5) is 4.39 Å². The highest BCUT2D eigenvalue weighted by atomic mass is 79.9. The molecule has 0 bridgehead atoms. The lowest BCUT2D eigenvalue weighted by atomic mass is 10.2. The molecule has 2 aromatic rings. The molecule has 0 aliphatic heterocycles. The molecule has 0 spiro atoms. The van der Waals surface area contributed by atoms with E-state index in [-0.39, 0.29) is 5.82 Å². The van der Waals surface area contributed by atoms with Crippen molar-refractivity contribution in [2.45, 2.75) is 13.2 Å². The van der Waals surface area contributed by atoms with E-state index < -0.39 is 0 Å². The molecule has 0 aliphatic rings. The van der Waals surface area contributed by atoms with E-state index in [2.05, 4.69) is 15.9 Å². The quantitative estimate of drug-likeness (QED) is 0.815. The molecule has 0 N–H and O–H groups in total. The second kappa shape index (κ2) is 5.57. The standard InChI is InChI=1S/C12H10BrFOS/c13-12-6-10(14)4-3-9(12)7-15-8-11-2-1-5-16-11/h1-6H,7-8H2. The summed E-state index contributed by atoms with van der Waals surface area (Å²) in [6.07, 6.45) is 0. The van der Waals surface area contributed by atoms with Crippen LogP contribution in [0.1, 0.15) is 10.4 Å². The van der Waals surface area contributed by atoms with Crippen molar-refractivity contribution in [1.82, 2.24) is 0 Å². The minimum Gasteiger partial charge on any atom is -0.371 e. The van der Waals surface area contributed by atoms with Crippen molar-refractivity contribution >= 4 is 27.3 Å². The van der Waals surface area contributed by atoms with Crippen molar-refractivity contribution in [2.24, 2.45) is 0 Å². The Hall–Kier alpha value is -0.710. The number of benzene rings is 1. The summed E-state index contributed by atoms with van der Waals surface area (Å²) in [5, 5.41) is 2.02. The van der Waals surface area contributed by atoms with Gasteiger partial charge in [-0.15, -0.1) is 11.3 Å². The van der Waals surface area contributed by atoms with Gasteiger partial charge in [-0.25, -0.2) is 4.39 Å². The first-order chi connectivity index (χ1) is 7.75. The summed E-state index contributed by atoms with van der Waals surface area (Å²) in [7, 11) is 0. The number of thiophene rings is 1. The Bertz CT molecular complexity index is 456. The lowest BCUT2D eigenvalue weighted by Crippen LogP contribution is -1.94. The predicted octanol–water partition coefficient (Wildman–Crippen LogP) is 4.37. The van der Waals surface area contributed by atoms with Crippen LogP contribution in [0.3, 0.4) is 0 Å². The van der Waals surface area contributed by atoms with E-state index in [1.165, 1.54) is 17.0 Å². The van der Waals surface area contributed by atoms with Gasteiger partial charge >= 0.3 is 0 Å². The molecule has 1 aromatic heterocycles. The average molecular weight is 301 g/mol. The fourth-order valence-electron chi connectivity index (χ4n) is 1.30.